The molecule has 1 aromatic carbocycles. The molecule has 0 aromatic heterocycles. The summed E-state index contributed by atoms with van der Waals surface area (Å²) in [5, 5.41) is 11.6. The van der Waals surface area contributed by atoms with Gasteiger partial charge in [0.2, 0.25) is 0 Å². The molecular weight excluding hydrogens is 248 g/mol. The highest BCUT2D eigenvalue weighted by Crippen LogP contribution is 2.26. The van der Waals surface area contributed by atoms with Crippen LogP contribution in [0.25, 0.3) is 0 Å². The van der Waals surface area contributed by atoms with Crippen molar-refractivity contribution in [3.63, 3.8) is 0 Å². The molecule has 2 rings (SSSR count). The summed E-state index contributed by atoms with van der Waals surface area (Å²) in [4.78, 5) is 22.7. The number of hydrogen-bond donors (Lipinski definition) is 3. The van der Waals surface area contributed by atoms with E-state index in [-0.39, 0.29) is 5.78 Å². The molecule has 0 radical (unpaired) electrons. The van der Waals surface area contributed by atoms with Gasteiger partial charge in [-0.2, -0.15) is 0 Å². The first-order valence-corrected chi connectivity index (χ1v) is 6.01. The van der Waals surface area contributed by atoms with E-state index in [0.717, 1.165) is 11.1 Å². The van der Waals surface area contributed by atoms with Crippen LogP contribution in [0.15, 0.2) is 24.3 Å². The predicted octanol–water partition coefficient (Wildman–Crippen LogP) is 0.810. The van der Waals surface area contributed by atoms with Crippen LogP contribution in [0.4, 0.5) is 4.79 Å². The van der Waals surface area contributed by atoms with E-state index in [1.807, 2.05) is 24.3 Å². The lowest BCUT2D eigenvalue weighted by Crippen LogP contribution is -2.48. The van der Waals surface area contributed by atoms with E-state index in [1.165, 1.54) is 0 Å². The molecule has 6 nitrogen and oxygen atoms in total. The Balaban J connectivity index is 2.31. The van der Waals surface area contributed by atoms with Gasteiger partial charge in [-0.1, -0.05) is 24.3 Å². The molecule has 4 N–H and O–H groups in total. The van der Waals surface area contributed by atoms with Crippen molar-refractivity contribution in [3.05, 3.63) is 35.4 Å². The molecule has 2 unspecified atom stereocenters. The second-order valence-corrected chi connectivity index (χ2v) is 4.57. The van der Waals surface area contributed by atoms with Crippen LogP contribution in [0.2, 0.25) is 0 Å². The Morgan fingerprint density at radius 3 is 2.79 bits per heavy atom. The van der Waals surface area contributed by atoms with E-state index in [4.69, 9.17) is 15.6 Å². The van der Waals surface area contributed by atoms with Crippen LogP contribution in [0.1, 0.15) is 24.1 Å². The molecule has 0 aliphatic carbocycles. The smallest absolute Gasteiger partial charge is 0.450 e. The number of benzene rings is 1. The zero-order valence-electron chi connectivity index (χ0n) is 10.5. The van der Waals surface area contributed by atoms with Crippen LogP contribution < -0.4 is 11.1 Å². The first kappa shape index (κ1) is 13.5. The van der Waals surface area contributed by atoms with Gasteiger partial charge in [0.1, 0.15) is 0 Å². The zero-order chi connectivity index (χ0) is 14.0. The number of carbonyl (C=O) groups excluding carboxylic acids is 1. The highest BCUT2D eigenvalue weighted by molar-refractivity contribution is 5.90. The normalized spacial score (nSPS) is 23.3. The maximum Gasteiger partial charge on any atom is 0.507 e. The average Bonchev–Trinajstić information content (AvgIpc) is 2.36. The first-order chi connectivity index (χ1) is 8.99. The average molecular weight is 264 g/mol. The molecule has 0 saturated heterocycles. The van der Waals surface area contributed by atoms with E-state index in [0.29, 0.717) is 6.42 Å². The third kappa shape index (κ3) is 2.91. The topological polar surface area (TPSA) is 102 Å². The summed E-state index contributed by atoms with van der Waals surface area (Å²) in [5.74, 6) is -0.189. The van der Waals surface area contributed by atoms with Gasteiger partial charge in [0, 0.05) is 6.42 Å². The molecule has 0 bridgehead atoms. The SMILES string of the molecule is C[C@H](N)C(=O)C1NC(OC(=O)O)Cc2ccccc21. The van der Waals surface area contributed by atoms with Crippen LogP contribution >= 0.6 is 0 Å². The van der Waals surface area contributed by atoms with Crippen molar-refractivity contribution in [3.8, 4) is 0 Å². The van der Waals surface area contributed by atoms with Crippen LogP contribution in [0, 0.1) is 0 Å². The van der Waals surface area contributed by atoms with E-state index >= 15 is 0 Å². The maximum absolute atomic E-state index is 12.1. The molecule has 1 aliphatic rings. The second-order valence-electron chi connectivity index (χ2n) is 4.57. The lowest BCUT2D eigenvalue weighted by molar-refractivity contribution is -0.123. The number of nitrogens with two attached hydrogens (primary N) is 1. The summed E-state index contributed by atoms with van der Waals surface area (Å²) in [6.07, 6.45) is -1.71. The molecule has 0 fully saturated rings. The zero-order valence-corrected chi connectivity index (χ0v) is 10.5. The van der Waals surface area contributed by atoms with Crippen molar-refractivity contribution < 1.29 is 19.4 Å². The highest BCUT2D eigenvalue weighted by Gasteiger charge is 2.33. The molecule has 19 heavy (non-hydrogen) atoms. The van der Waals surface area contributed by atoms with Gasteiger partial charge in [0.05, 0.1) is 12.1 Å². The van der Waals surface area contributed by atoms with Crippen molar-refractivity contribution in [2.24, 2.45) is 5.73 Å². The van der Waals surface area contributed by atoms with Gasteiger partial charge < -0.3 is 15.6 Å². The summed E-state index contributed by atoms with van der Waals surface area (Å²) in [7, 11) is 0. The fourth-order valence-electron chi connectivity index (χ4n) is 2.23. The number of hydrogen-bond acceptors (Lipinski definition) is 5. The largest absolute Gasteiger partial charge is 0.507 e. The molecule has 6 heteroatoms. The summed E-state index contributed by atoms with van der Waals surface area (Å²) >= 11 is 0. The Hall–Kier alpha value is -1.92. The molecule has 1 aliphatic heterocycles. The number of ether oxygens (including phenoxy) is 1. The third-order valence-electron chi connectivity index (χ3n) is 3.10. The van der Waals surface area contributed by atoms with Gasteiger partial charge in [-0.25, -0.2) is 4.79 Å². The minimum atomic E-state index is -1.37. The second kappa shape index (κ2) is 5.38. The first-order valence-electron chi connectivity index (χ1n) is 6.01. The quantitative estimate of drug-likeness (QED) is 0.698. The van der Waals surface area contributed by atoms with Crippen molar-refractivity contribution in [2.45, 2.75) is 31.7 Å². The molecule has 0 spiro atoms. The van der Waals surface area contributed by atoms with E-state index < -0.39 is 24.5 Å². The molecule has 1 heterocycles. The Labute approximate surface area is 110 Å². The lowest BCUT2D eigenvalue weighted by Gasteiger charge is -2.32. The van der Waals surface area contributed by atoms with Gasteiger partial charge in [0.15, 0.2) is 12.0 Å². The number of ketones is 1. The molecule has 3 atom stereocenters. The summed E-state index contributed by atoms with van der Waals surface area (Å²) in [5.41, 5.74) is 7.35. The van der Waals surface area contributed by atoms with Crippen molar-refractivity contribution in [2.75, 3.05) is 0 Å². The van der Waals surface area contributed by atoms with Gasteiger partial charge in [-0.15, -0.1) is 0 Å². The predicted molar refractivity (Wildman–Crippen MR) is 67.6 cm³/mol. The number of Topliss-reactive ketones (excluding diaryl/α,β-unsaturated/α-hetero) is 1. The Morgan fingerprint density at radius 2 is 2.16 bits per heavy atom. The van der Waals surface area contributed by atoms with E-state index in [2.05, 4.69) is 5.32 Å². The monoisotopic (exact) mass is 264 g/mol. The number of carbonyl (C=O) groups is 2. The molecule has 0 amide bonds. The van der Waals surface area contributed by atoms with Gasteiger partial charge in [-0.05, 0) is 18.1 Å². The number of fused-ring (bicyclic) bond motifs is 1. The van der Waals surface area contributed by atoms with Crippen LogP contribution in [-0.4, -0.2) is 29.3 Å². The fraction of sp³-hybridized carbons (Fsp3) is 0.385. The van der Waals surface area contributed by atoms with Crippen LogP contribution in [0.5, 0.6) is 0 Å². The van der Waals surface area contributed by atoms with Gasteiger partial charge in [-0.3, -0.25) is 10.1 Å². The van der Waals surface area contributed by atoms with Gasteiger partial charge >= 0.3 is 6.16 Å². The molecule has 0 saturated carbocycles. The van der Waals surface area contributed by atoms with Crippen molar-refractivity contribution in [1.82, 2.24) is 5.32 Å². The van der Waals surface area contributed by atoms with E-state index in [9.17, 15) is 9.59 Å². The standard InChI is InChI=1S/C13H16N2O4/c1-7(14)12(16)11-9-5-3-2-4-8(9)6-10(15-11)19-13(17)18/h2-5,7,10-11,15H,6,14H2,1H3,(H,17,18)/t7-,10?,11?/m0/s1. The fourth-order valence-corrected chi connectivity index (χ4v) is 2.23. The van der Waals surface area contributed by atoms with Crippen molar-refractivity contribution in [1.29, 1.82) is 0 Å². The van der Waals surface area contributed by atoms with Crippen LogP contribution in [-0.2, 0) is 16.0 Å². The van der Waals surface area contributed by atoms with E-state index in [1.54, 1.807) is 6.92 Å². The lowest BCUT2D eigenvalue weighted by atomic mass is 9.89. The number of nitrogens with one attached hydrogen (secondary N) is 1. The minimum absolute atomic E-state index is 0.189. The van der Waals surface area contributed by atoms with Gasteiger partial charge in [0.25, 0.3) is 0 Å². The Bertz CT molecular complexity index is 501. The maximum atomic E-state index is 12.1. The Kier molecular flexibility index (Phi) is 3.82. The highest BCUT2D eigenvalue weighted by atomic mass is 16.7. The number of carboxylic acid groups (broad SMARTS) is 1. The van der Waals surface area contributed by atoms with Crippen molar-refractivity contribution >= 4 is 11.9 Å². The minimum Gasteiger partial charge on any atom is -0.450 e. The Morgan fingerprint density at radius 1 is 1.47 bits per heavy atom. The van der Waals surface area contributed by atoms with Crippen LogP contribution in [0.3, 0.4) is 0 Å². The summed E-state index contributed by atoms with van der Waals surface area (Å²) < 4.78 is 4.72. The summed E-state index contributed by atoms with van der Waals surface area (Å²) in [6, 6.07) is 6.11. The molecular formula is C13H16N2O4. The summed E-state index contributed by atoms with van der Waals surface area (Å²) in [6.45, 7) is 1.61. The molecule has 102 valence electrons. The number of rotatable bonds is 3. The third-order valence-corrected chi connectivity index (χ3v) is 3.10. The molecule has 1 aromatic rings.